The standard InChI is InChI=1S/C10H9N/c1-2-9-5-6-10-4-3-7-11(10)8-9/h2-8H,1H2. The lowest BCUT2D eigenvalue weighted by molar-refractivity contribution is 1.19. The van der Waals surface area contributed by atoms with Gasteiger partial charge in [-0.15, -0.1) is 0 Å². The van der Waals surface area contributed by atoms with Crippen molar-refractivity contribution in [1.29, 1.82) is 0 Å². The highest BCUT2D eigenvalue weighted by Crippen LogP contribution is 2.07. The number of rotatable bonds is 1. The van der Waals surface area contributed by atoms with Crippen molar-refractivity contribution in [2.24, 2.45) is 0 Å². The minimum Gasteiger partial charge on any atom is -0.323 e. The molecule has 2 aromatic rings. The van der Waals surface area contributed by atoms with Crippen molar-refractivity contribution >= 4 is 11.6 Å². The summed E-state index contributed by atoms with van der Waals surface area (Å²) < 4.78 is 2.08. The van der Waals surface area contributed by atoms with Crippen LogP contribution < -0.4 is 0 Å². The Morgan fingerprint density at radius 3 is 3.00 bits per heavy atom. The quantitative estimate of drug-likeness (QED) is 0.578. The van der Waals surface area contributed by atoms with E-state index in [1.54, 1.807) is 0 Å². The molecule has 0 N–H and O–H groups in total. The lowest BCUT2D eigenvalue weighted by Crippen LogP contribution is -1.81. The van der Waals surface area contributed by atoms with Gasteiger partial charge in [0.1, 0.15) is 0 Å². The molecule has 0 fully saturated rings. The largest absolute Gasteiger partial charge is 0.323 e. The number of pyridine rings is 1. The molecule has 54 valence electrons. The maximum atomic E-state index is 3.71. The van der Waals surface area contributed by atoms with Crippen molar-refractivity contribution in [1.82, 2.24) is 4.40 Å². The van der Waals surface area contributed by atoms with E-state index in [-0.39, 0.29) is 0 Å². The number of aromatic nitrogens is 1. The number of hydrogen-bond acceptors (Lipinski definition) is 0. The van der Waals surface area contributed by atoms with Gasteiger partial charge in [-0.25, -0.2) is 0 Å². The molecule has 2 aromatic heterocycles. The monoisotopic (exact) mass is 143 g/mol. The molecule has 0 bridgehead atoms. The van der Waals surface area contributed by atoms with Gasteiger partial charge in [-0.1, -0.05) is 18.7 Å². The highest BCUT2D eigenvalue weighted by molar-refractivity contribution is 5.54. The summed E-state index contributed by atoms with van der Waals surface area (Å²) in [4.78, 5) is 0. The van der Waals surface area contributed by atoms with Gasteiger partial charge in [-0.05, 0) is 23.8 Å². The molecule has 0 aromatic carbocycles. The van der Waals surface area contributed by atoms with E-state index in [0.29, 0.717) is 0 Å². The first kappa shape index (κ1) is 6.23. The highest BCUT2D eigenvalue weighted by atomic mass is 14.8. The van der Waals surface area contributed by atoms with Crippen LogP contribution in [0.2, 0.25) is 0 Å². The Bertz CT molecular complexity index is 384. The van der Waals surface area contributed by atoms with Gasteiger partial charge in [0.15, 0.2) is 0 Å². The molecule has 0 aliphatic heterocycles. The molecule has 0 aliphatic rings. The lowest BCUT2D eigenvalue weighted by Gasteiger charge is -1.95. The number of fused-ring (bicyclic) bond motifs is 1. The average molecular weight is 143 g/mol. The van der Waals surface area contributed by atoms with E-state index in [1.165, 1.54) is 5.52 Å². The average Bonchev–Trinajstić information content (AvgIpc) is 2.50. The van der Waals surface area contributed by atoms with Crippen LogP contribution in [0.5, 0.6) is 0 Å². The van der Waals surface area contributed by atoms with Gasteiger partial charge in [0, 0.05) is 17.9 Å². The summed E-state index contributed by atoms with van der Waals surface area (Å²) in [5, 5.41) is 0. The molecule has 1 nitrogen and oxygen atoms in total. The zero-order valence-corrected chi connectivity index (χ0v) is 6.20. The van der Waals surface area contributed by atoms with Crippen LogP contribution in [0.1, 0.15) is 5.56 Å². The summed E-state index contributed by atoms with van der Waals surface area (Å²) in [6.45, 7) is 3.71. The van der Waals surface area contributed by atoms with Gasteiger partial charge in [-0.3, -0.25) is 0 Å². The van der Waals surface area contributed by atoms with E-state index < -0.39 is 0 Å². The predicted octanol–water partition coefficient (Wildman–Crippen LogP) is 2.58. The molecule has 1 heteroatoms. The first-order valence-corrected chi connectivity index (χ1v) is 3.59. The summed E-state index contributed by atoms with van der Waals surface area (Å²) in [6, 6.07) is 8.24. The summed E-state index contributed by atoms with van der Waals surface area (Å²) in [5.41, 5.74) is 2.37. The van der Waals surface area contributed by atoms with Crippen LogP contribution in [-0.4, -0.2) is 4.40 Å². The van der Waals surface area contributed by atoms with Crippen molar-refractivity contribution in [2.75, 3.05) is 0 Å². The van der Waals surface area contributed by atoms with E-state index in [1.807, 2.05) is 18.3 Å². The Kier molecular flexibility index (Phi) is 1.29. The van der Waals surface area contributed by atoms with Gasteiger partial charge in [0.25, 0.3) is 0 Å². The van der Waals surface area contributed by atoms with Gasteiger partial charge in [-0.2, -0.15) is 0 Å². The van der Waals surface area contributed by atoms with Crippen LogP contribution in [0.25, 0.3) is 11.6 Å². The molecule has 11 heavy (non-hydrogen) atoms. The van der Waals surface area contributed by atoms with Crippen LogP contribution in [0.15, 0.2) is 43.2 Å². The van der Waals surface area contributed by atoms with Crippen LogP contribution in [0, 0.1) is 0 Å². The Morgan fingerprint density at radius 1 is 1.27 bits per heavy atom. The molecule has 0 amide bonds. The molecule has 2 heterocycles. The number of nitrogens with zero attached hydrogens (tertiary/aromatic N) is 1. The summed E-state index contributed by atoms with van der Waals surface area (Å²) in [6.07, 6.45) is 5.93. The lowest BCUT2D eigenvalue weighted by atomic mass is 10.3. The highest BCUT2D eigenvalue weighted by Gasteiger charge is 1.90. The van der Waals surface area contributed by atoms with E-state index in [4.69, 9.17) is 0 Å². The second kappa shape index (κ2) is 2.27. The molecule has 0 saturated carbocycles. The molecule has 0 spiro atoms. The summed E-state index contributed by atoms with van der Waals surface area (Å²) in [7, 11) is 0. The third kappa shape index (κ3) is 0.944. The Balaban J connectivity index is 2.76. The molecule has 0 aliphatic carbocycles. The van der Waals surface area contributed by atoms with E-state index in [2.05, 4.69) is 35.4 Å². The Morgan fingerprint density at radius 2 is 2.18 bits per heavy atom. The predicted molar refractivity (Wildman–Crippen MR) is 47.5 cm³/mol. The zero-order valence-electron chi connectivity index (χ0n) is 6.20. The van der Waals surface area contributed by atoms with Crippen LogP contribution in [-0.2, 0) is 0 Å². The molecule has 0 radical (unpaired) electrons. The Hall–Kier alpha value is -1.50. The summed E-state index contributed by atoms with van der Waals surface area (Å²) in [5.74, 6) is 0. The van der Waals surface area contributed by atoms with Crippen LogP contribution >= 0.6 is 0 Å². The van der Waals surface area contributed by atoms with Crippen molar-refractivity contribution in [2.45, 2.75) is 0 Å². The molecule has 0 unspecified atom stereocenters. The van der Waals surface area contributed by atoms with E-state index in [0.717, 1.165) is 5.56 Å². The van der Waals surface area contributed by atoms with Gasteiger partial charge in [0.2, 0.25) is 0 Å². The first-order chi connectivity index (χ1) is 5.40. The fourth-order valence-corrected chi connectivity index (χ4v) is 1.17. The molecule has 0 atom stereocenters. The van der Waals surface area contributed by atoms with E-state index >= 15 is 0 Å². The smallest absolute Gasteiger partial charge is 0.0450 e. The fourth-order valence-electron chi connectivity index (χ4n) is 1.17. The second-order valence-electron chi connectivity index (χ2n) is 2.51. The normalized spacial score (nSPS) is 10.2. The minimum atomic E-state index is 1.15. The Labute approximate surface area is 65.6 Å². The molecule has 0 saturated heterocycles. The molecule has 2 rings (SSSR count). The third-order valence-corrected chi connectivity index (χ3v) is 1.78. The van der Waals surface area contributed by atoms with E-state index in [9.17, 15) is 0 Å². The van der Waals surface area contributed by atoms with Crippen LogP contribution in [0.4, 0.5) is 0 Å². The maximum Gasteiger partial charge on any atom is 0.0450 e. The SMILES string of the molecule is C=Cc1ccc2cccn2c1. The maximum absolute atomic E-state index is 3.71. The van der Waals surface area contributed by atoms with Crippen molar-refractivity contribution in [3.63, 3.8) is 0 Å². The van der Waals surface area contributed by atoms with Crippen molar-refractivity contribution < 1.29 is 0 Å². The number of hydrogen-bond donors (Lipinski definition) is 0. The zero-order chi connectivity index (χ0) is 7.68. The third-order valence-electron chi connectivity index (χ3n) is 1.78. The van der Waals surface area contributed by atoms with Gasteiger partial charge in [0.05, 0.1) is 0 Å². The van der Waals surface area contributed by atoms with Gasteiger partial charge < -0.3 is 4.40 Å². The second-order valence-corrected chi connectivity index (χ2v) is 2.51. The van der Waals surface area contributed by atoms with Crippen molar-refractivity contribution in [3.05, 3.63) is 48.8 Å². The fraction of sp³-hybridized carbons (Fsp3) is 0. The van der Waals surface area contributed by atoms with Crippen molar-refractivity contribution in [3.8, 4) is 0 Å². The topological polar surface area (TPSA) is 4.41 Å². The minimum absolute atomic E-state index is 1.15. The molecular weight excluding hydrogens is 134 g/mol. The molecular formula is C10H9N. The first-order valence-electron chi connectivity index (χ1n) is 3.59. The van der Waals surface area contributed by atoms with Gasteiger partial charge >= 0.3 is 0 Å². The summed E-state index contributed by atoms with van der Waals surface area (Å²) >= 11 is 0. The van der Waals surface area contributed by atoms with Crippen LogP contribution in [0.3, 0.4) is 0 Å².